The molecule has 0 radical (unpaired) electrons. The Hall–Kier alpha value is -1.18. The minimum atomic E-state index is 0.320. The lowest BCUT2D eigenvalue weighted by Gasteiger charge is -1.88. The first-order valence-electron chi connectivity index (χ1n) is 3.24. The van der Waals surface area contributed by atoms with Crippen molar-refractivity contribution in [3.05, 3.63) is 36.2 Å². The summed E-state index contributed by atoms with van der Waals surface area (Å²) in [6, 6.07) is 0. The fraction of sp³-hybridized carbons (Fsp3) is 0.250. The fourth-order valence-electron chi connectivity index (χ4n) is 0.413. The molecule has 0 aromatic carbocycles. The quantitative estimate of drug-likeness (QED) is 0.577. The number of rotatable bonds is 3. The van der Waals surface area contributed by atoms with Gasteiger partial charge in [-0.15, -0.1) is 0 Å². The highest BCUT2D eigenvalue weighted by molar-refractivity contribution is 5.19. The third kappa shape index (κ3) is 4.97. The summed E-state index contributed by atoms with van der Waals surface area (Å²) < 4.78 is 0. The molecule has 0 spiro atoms. The van der Waals surface area contributed by atoms with Crippen LogP contribution in [0.1, 0.15) is 13.3 Å². The van der Waals surface area contributed by atoms with Crippen LogP contribution in [0.3, 0.4) is 0 Å². The molecule has 0 saturated carbocycles. The molecule has 0 bridgehead atoms. The lowest BCUT2D eigenvalue weighted by Crippen LogP contribution is -2.06. The second kappa shape index (κ2) is 4.68. The van der Waals surface area contributed by atoms with E-state index in [0.717, 1.165) is 12.0 Å². The Bertz CT molecular complexity index is 162. The summed E-state index contributed by atoms with van der Waals surface area (Å²) in [6.45, 7) is 5.82. The molecule has 0 aromatic rings. The summed E-state index contributed by atoms with van der Waals surface area (Å²) >= 11 is 0. The van der Waals surface area contributed by atoms with Gasteiger partial charge >= 0.3 is 0 Å². The first-order valence-corrected chi connectivity index (χ1v) is 3.24. The molecule has 56 valence electrons. The SMILES string of the molecule is C=C(/C=C\C=C(N)N)CC. The predicted molar refractivity (Wildman–Crippen MR) is 45.0 cm³/mol. The van der Waals surface area contributed by atoms with Crippen molar-refractivity contribution < 1.29 is 0 Å². The van der Waals surface area contributed by atoms with Crippen LogP contribution in [0.2, 0.25) is 0 Å². The van der Waals surface area contributed by atoms with E-state index in [-0.39, 0.29) is 0 Å². The van der Waals surface area contributed by atoms with Gasteiger partial charge in [0.1, 0.15) is 0 Å². The molecule has 0 heterocycles. The lowest BCUT2D eigenvalue weighted by molar-refractivity contribution is 1.16. The Morgan fingerprint density at radius 2 is 2.10 bits per heavy atom. The van der Waals surface area contributed by atoms with Crippen molar-refractivity contribution in [2.24, 2.45) is 11.5 Å². The Labute approximate surface area is 61.9 Å². The van der Waals surface area contributed by atoms with Crippen molar-refractivity contribution in [3.63, 3.8) is 0 Å². The average molecular weight is 138 g/mol. The Morgan fingerprint density at radius 1 is 1.50 bits per heavy atom. The molecule has 4 N–H and O–H groups in total. The molecular formula is C8H14N2. The van der Waals surface area contributed by atoms with Crippen LogP contribution in [0.4, 0.5) is 0 Å². The van der Waals surface area contributed by atoms with Gasteiger partial charge in [0.15, 0.2) is 0 Å². The third-order valence-corrected chi connectivity index (χ3v) is 1.07. The number of hydrogen-bond donors (Lipinski definition) is 2. The summed E-state index contributed by atoms with van der Waals surface area (Å²) in [5.41, 5.74) is 11.4. The van der Waals surface area contributed by atoms with E-state index in [4.69, 9.17) is 11.5 Å². The number of nitrogens with two attached hydrogens (primary N) is 2. The topological polar surface area (TPSA) is 52.0 Å². The summed E-state index contributed by atoms with van der Waals surface area (Å²) in [5.74, 6) is 0.320. The molecule has 0 atom stereocenters. The average Bonchev–Trinajstić information content (AvgIpc) is 1.87. The van der Waals surface area contributed by atoms with Crippen LogP contribution in [-0.4, -0.2) is 0 Å². The van der Waals surface area contributed by atoms with Gasteiger partial charge in [0.2, 0.25) is 0 Å². The van der Waals surface area contributed by atoms with Gasteiger partial charge in [0.05, 0.1) is 5.82 Å². The van der Waals surface area contributed by atoms with Gasteiger partial charge < -0.3 is 11.5 Å². The second-order valence-electron chi connectivity index (χ2n) is 2.04. The van der Waals surface area contributed by atoms with Gasteiger partial charge in [-0.05, 0) is 12.5 Å². The van der Waals surface area contributed by atoms with E-state index in [0.29, 0.717) is 5.82 Å². The minimum absolute atomic E-state index is 0.320. The Kier molecular flexibility index (Phi) is 4.12. The van der Waals surface area contributed by atoms with Crippen LogP contribution in [0, 0.1) is 0 Å². The van der Waals surface area contributed by atoms with Crippen LogP contribution < -0.4 is 11.5 Å². The molecule has 2 nitrogen and oxygen atoms in total. The van der Waals surface area contributed by atoms with Gasteiger partial charge in [0, 0.05) is 0 Å². The molecule has 10 heavy (non-hydrogen) atoms. The van der Waals surface area contributed by atoms with Gasteiger partial charge in [0.25, 0.3) is 0 Å². The van der Waals surface area contributed by atoms with Gasteiger partial charge in [-0.1, -0.05) is 31.2 Å². The summed E-state index contributed by atoms with van der Waals surface area (Å²) in [5, 5.41) is 0. The molecule has 2 heteroatoms. The van der Waals surface area contributed by atoms with Crippen LogP contribution in [0.25, 0.3) is 0 Å². The molecular weight excluding hydrogens is 124 g/mol. The monoisotopic (exact) mass is 138 g/mol. The highest BCUT2D eigenvalue weighted by Crippen LogP contribution is 1.97. The van der Waals surface area contributed by atoms with Gasteiger partial charge in [-0.25, -0.2) is 0 Å². The largest absolute Gasteiger partial charge is 0.386 e. The molecule has 0 aliphatic heterocycles. The van der Waals surface area contributed by atoms with E-state index >= 15 is 0 Å². The zero-order valence-electron chi connectivity index (χ0n) is 6.30. The molecule has 0 rings (SSSR count). The summed E-state index contributed by atoms with van der Waals surface area (Å²) in [4.78, 5) is 0. The maximum Gasteiger partial charge on any atom is 0.0933 e. The van der Waals surface area contributed by atoms with Gasteiger partial charge in [-0.3, -0.25) is 0 Å². The highest BCUT2D eigenvalue weighted by atomic mass is 14.8. The number of hydrogen-bond acceptors (Lipinski definition) is 2. The summed E-state index contributed by atoms with van der Waals surface area (Å²) in [6.07, 6.45) is 6.27. The standard InChI is InChI=1S/C8H14N2/c1-3-7(2)5-4-6-8(9)10/h4-6H,2-3,9-10H2,1H3/b5-4-. The van der Waals surface area contributed by atoms with Crippen LogP contribution in [0.5, 0.6) is 0 Å². The van der Waals surface area contributed by atoms with E-state index in [1.54, 1.807) is 12.2 Å². The molecule has 0 aromatic heterocycles. The molecule has 0 saturated heterocycles. The van der Waals surface area contributed by atoms with Crippen molar-refractivity contribution in [1.29, 1.82) is 0 Å². The predicted octanol–water partition coefficient (Wildman–Crippen LogP) is 1.27. The van der Waals surface area contributed by atoms with Crippen molar-refractivity contribution >= 4 is 0 Å². The zero-order chi connectivity index (χ0) is 7.98. The molecule has 0 aliphatic rings. The molecule has 0 fully saturated rings. The second-order valence-corrected chi connectivity index (χ2v) is 2.04. The van der Waals surface area contributed by atoms with E-state index in [9.17, 15) is 0 Å². The maximum absolute atomic E-state index is 5.18. The Morgan fingerprint density at radius 3 is 2.50 bits per heavy atom. The lowest BCUT2D eigenvalue weighted by atomic mass is 10.2. The molecule has 0 aliphatic carbocycles. The van der Waals surface area contributed by atoms with Crippen molar-refractivity contribution in [3.8, 4) is 0 Å². The smallest absolute Gasteiger partial charge is 0.0933 e. The van der Waals surface area contributed by atoms with E-state index in [1.165, 1.54) is 0 Å². The van der Waals surface area contributed by atoms with Gasteiger partial charge in [-0.2, -0.15) is 0 Å². The van der Waals surface area contributed by atoms with Crippen LogP contribution in [-0.2, 0) is 0 Å². The normalized spacial score (nSPS) is 9.70. The summed E-state index contributed by atoms with van der Waals surface area (Å²) in [7, 11) is 0. The zero-order valence-corrected chi connectivity index (χ0v) is 6.30. The van der Waals surface area contributed by atoms with Crippen molar-refractivity contribution in [1.82, 2.24) is 0 Å². The number of allylic oxidation sites excluding steroid dienone is 4. The van der Waals surface area contributed by atoms with E-state index < -0.39 is 0 Å². The Balaban J connectivity index is 3.77. The third-order valence-electron chi connectivity index (χ3n) is 1.07. The van der Waals surface area contributed by atoms with Crippen LogP contribution in [0.15, 0.2) is 36.2 Å². The van der Waals surface area contributed by atoms with E-state index in [1.807, 2.05) is 13.0 Å². The van der Waals surface area contributed by atoms with Crippen molar-refractivity contribution in [2.75, 3.05) is 0 Å². The molecule has 0 unspecified atom stereocenters. The highest BCUT2D eigenvalue weighted by Gasteiger charge is 1.78. The van der Waals surface area contributed by atoms with E-state index in [2.05, 4.69) is 6.58 Å². The maximum atomic E-state index is 5.18. The fourth-order valence-corrected chi connectivity index (χ4v) is 0.413. The first kappa shape index (κ1) is 8.82. The minimum Gasteiger partial charge on any atom is -0.386 e. The molecule has 0 amide bonds. The van der Waals surface area contributed by atoms with Crippen molar-refractivity contribution in [2.45, 2.75) is 13.3 Å². The van der Waals surface area contributed by atoms with Crippen LogP contribution >= 0.6 is 0 Å². The first-order chi connectivity index (χ1) is 4.66.